The predicted octanol–water partition coefficient (Wildman–Crippen LogP) is 4.55. The van der Waals surface area contributed by atoms with Crippen molar-refractivity contribution in [1.82, 2.24) is 14.9 Å². The number of benzene rings is 2. The van der Waals surface area contributed by atoms with E-state index >= 15 is 0 Å². The van der Waals surface area contributed by atoms with Gasteiger partial charge in [-0.15, -0.1) is 0 Å². The summed E-state index contributed by atoms with van der Waals surface area (Å²) in [6.45, 7) is 6.63. The Kier molecular flexibility index (Phi) is 7.26. The van der Waals surface area contributed by atoms with Crippen LogP contribution in [-0.2, 0) is 11.3 Å². The Morgan fingerprint density at radius 3 is 2.53 bits per heavy atom. The first-order valence-electron chi connectivity index (χ1n) is 10.0. The Morgan fingerprint density at radius 2 is 1.83 bits per heavy atom. The molecule has 3 aromatic rings. The highest BCUT2D eigenvalue weighted by Gasteiger charge is 2.15. The molecule has 1 unspecified atom stereocenters. The smallest absolute Gasteiger partial charge is 0.262 e. The summed E-state index contributed by atoms with van der Waals surface area (Å²) >= 11 is 1.26. The predicted molar refractivity (Wildman–Crippen MR) is 119 cm³/mol. The molecule has 1 amide bonds. The molecule has 7 heteroatoms. The molecule has 0 saturated heterocycles. The molecule has 1 heterocycles. The number of carbonyl (C=O) groups is 1. The van der Waals surface area contributed by atoms with Gasteiger partial charge in [-0.1, -0.05) is 49.9 Å². The quantitative estimate of drug-likeness (QED) is 0.423. The van der Waals surface area contributed by atoms with Crippen LogP contribution in [-0.4, -0.2) is 21.2 Å². The zero-order chi connectivity index (χ0) is 21.7. The number of rotatable bonds is 8. The molecule has 30 heavy (non-hydrogen) atoms. The number of nitrogens with zero attached hydrogens (tertiary/aromatic N) is 2. The van der Waals surface area contributed by atoms with Gasteiger partial charge in [0, 0.05) is 6.54 Å². The average Bonchev–Trinajstić information content (AvgIpc) is 2.72. The van der Waals surface area contributed by atoms with Gasteiger partial charge in [-0.3, -0.25) is 14.2 Å². The first kappa shape index (κ1) is 22.0. The largest absolute Gasteiger partial charge is 0.349 e. The van der Waals surface area contributed by atoms with E-state index < -0.39 is 0 Å². The van der Waals surface area contributed by atoms with Gasteiger partial charge in [0.25, 0.3) is 5.56 Å². The fraction of sp³-hybridized carbons (Fsp3) is 0.348. The minimum Gasteiger partial charge on any atom is -0.349 e. The third-order valence-electron chi connectivity index (χ3n) is 4.84. The molecule has 2 aromatic carbocycles. The second-order valence-corrected chi connectivity index (χ2v) is 8.62. The minimum absolute atomic E-state index is 0.0798. The second kappa shape index (κ2) is 9.89. The lowest BCUT2D eigenvalue weighted by Crippen LogP contribution is -2.29. The Balaban J connectivity index is 1.75. The topological polar surface area (TPSA) is 64.0 Å². The summed E-state index contributed by atoms with van der Waals surface area (Å²) in [4.78, 5) is 30.1. The first-order chi connectivity index (χ1) is 14.3. The number of amides is 1. The highest BCUT2D eigenvalue weighted by Crippen LogP contribution is 2.20. The first-order valence-corrected chi connectivity index (χ1v) is 11.0. The third-order valence-corrected chi connectivity index (χ3v) is 5.81. The van der Waals surface area contributed by atoms with Crippen molar-refractivity contribution in [2.45, 2.75) is 44.9 Å². The highest BCUT2D eigenvalue weighted by molar-refractivity contribution is 7.99. The monoisotopic (exact) mass is 427 g/mol. The lowest BCUT2D eigenvalue weighted by molar-refractivity contribution is -0.119. The van der Waals surface area contributed by atoms with Crippen molar-refractivity contribution in [3.05, 3.63) is 70.3 Å². The summed E-state index contributed by atoms with van der Waals surface area (Å²) in [5.74, 6) is 0.100. The van der Waals surface area contributed by atoms with Gasteiger partial charge < -0.3 is 5.32 Å². The molecule has 0 radical (unpaired) electrons. The fourth-order valence-electron chi connectivity index (χ4n) is 3.09. The van der Waals surface area contributed by atoms with Crippen molar-refractivity contribution in [3.8, 4) is 0 Å². The number of hydrogen-bond donors (Lipinski definition) is 1. The van der Waals surface area contributed by atoms with Crippen molar-refractivity contribution in [2.24, 2.45) is 5.92 Å². The molecule has 0 aliphatic carbocycles. The molecule has 5 nitrogen and oxygen atoms in total. The van der Waals surface area contributed by atoms with Crippen molar-refractivity contribution in [1.29, 1.82) is 0 Å². The molecule has 0 aliphatic rings. The van der Waals surface area contributed by atoms with E-state index in [9.17, 15) is 14.0 Å². The molecule has 0 fully saturated rings. The van der Waals surface area contributed by atoms with Crippen LogP contribution in [0.4, 0.5) is 4.39 Å². The zero-order valence-corrected chi connectivity index (χ0v) is 18.2. The van der Waals surface area contributed by atoms with Crippen LogP contribution < -0.4 is 10.9 Å². The normalized spacial score (nSPS) is 12.3. The van der Waals surface area contributed by atoms with E-state index in [1.807, 2.05) is 25.1 Å². The summed E-state index contributed by atoms with van der Waals surface area (Å²) in [6.07, 6.45) is 0.848. The number of carbonyl (C=O) groups excluding carboxylic acids is 1. The molecular weight excluding hydrogens is 401 g/mol. The van der Waals surface area contributed by atoms with E-state index in [1.165, 1.54) is 23.9 Å². The summed E-state index contributed by atoms with van der Waals surface area (Å²) in [7, 11) is 0. The summed E-state index contributed by atoms with van der Waals surface area (Å²) in [5, 5.41) is 4.04. The maximum atomic E-state index is 13.1. The maximum absolute atomic E-state index is 13.1. The van der Waals surface area contributed by atoms with Crippen LogP contribution in [0.3, 0.4) is 0 Å². The molecule has 0 spiro atoms. The molecule has 1 atom stereocenters. The lowest BCUT2D eigenvalue weighted by atomic mass is 10.1. The van der Waals surface area contributed by atoms with Gasteiger partial charge in [-0.25, -0.2) is 9.37 Å². The van der Waals surface area contributed by atoms with E-state index in [4.69, 9.17) is 0 Å². The summed E-state index contributed by atoms with van der Waals surface area (Å²) in [6, 6.07) is 13.1. The minimum atomic E-state index is -0.311. The van der Waals surface area contributed by atoms with Crippen LogP contribution in [0.1, 0.15) is 38.8 Å². The zero-order valence-electron chi connectivity index (χ0n) is 17.4. The number of para-hydroxylation sites is 1. The number of fused-ring (bicyclic) bond motifs is 1. The maximum Gasteiger partial charge on any atom is 0.262 e. The molecule has 0 bridgehead atoms. The Morgan fingerprint density at radius 1 is 1.13 bits per heavy atom. The fourth-order valence-corrected chi connectivity index (χ4v) is 3.93. The van der Waals surface area contributed by atoms with Crippen LogP contribution in [0.5, 0.6) is 0 Å². The van der Waals surface area contributed by atoms with Gasteiger partial charge in [0.15, 0.2) is 5.16 Å². The molecule has 1 aromatic heterocycles. The Hall–Kier alpha value is -2.67. The van der Waals surface area contributed by atoms with Gasteiger partial charge in [0.05, 0.1) is 22.7 Å². The second-order valence-electron chi connectivity index (χ2n) is 7.68. The van der Waals surface area contributed by atoms with E-state index in [-0.39, 0.29) is 29.1 Å². The SMILES string of the molecule is CC(C)CCn1c(SCC(=O)NC(C)c2ccc(F)cc2)nc2ccccc2c1=O. The Bertz CT molecular complexity index is 1080. The molecule has 3 rings (SSSR count). The van der Waals surface area contributed by atoms with E-state index in [1.54, 1.807) is 22.8 Å². The number of halogens is 1. The molecule has 1 N–H and O–H groups in total. The molecule has 0 saturated carbocycles. The highest BCUT2D eigenvalue weighted by atomic mass is 32.2. The van der Waals surface area contributed by atoms with Crippen molar-refractivity contribution in [2.75, 3.05) is 5.75 Å². The Labute approximate surface area is 179 Å². The van der Waals surface area contributed by atoms with Crippen LogP contribution >= 0.6 is 11.8 Å². The molecule has 158 valence electrons. The number of hydrogen-bond acceptors (Lipinski definition) is 4. The van der Waals surface area contributed by atoms with Crippen LogP contribution in [0.2, 0.25) is 0 Å². The molecule has 0 aliphatic heterocycles. The van der Waals surface area contributed by atoms with Crippen molar-refractivity contribution >= 4 is 28.6 Å². The standard InChI is InChI=1S/C23H26FN3O2S/c1-15(2)12-13-27-22(29)19-6-4-5-7-20(19)26-23(27)30-14-21(28)25-16(3)17-8-10-18(24)11-9-17/h4-11,15-16H,12-14H2,1-3H3,(H,25,28). The van der Waals surface area contributed by atoms with Crippen LogP contribution in [0.15, 0.2) is 58.5 Å². The van der Waals surface area contributed by atoms with Crippen molar-refractivity contribution < 1.29 is 9.18 Å². The lowest BCUT2D eigenvalue weighted by Gasteiger charge is -2.16. The van der Waals surface area contributed by atoms with Gasteiger partial charge in [0.1, 0.15) is 5.82 Å². The summed E-state index contributed by atoms with van der Waals surface area (Å²) < 4.78 is 14.8. The van der Waals surface area contributed by atoms with Crippen LogP contribution in [0.25, 0.3) is 10.9 Å². The van der Waals surface area contributed by atoms with Gasteiger partial charge in [-0.05, 0) is 49.1 Å². The summed E-state index contributed by atoms with van der Waals surface area (Å²) in [5.41, 5.74) is 1.38. The van der Waals surface area contributed by atoms with E-state index in [0.717, 1.165) is 12.0 Å². The third kappa shape index (κ3) is 5.48. The van der Waals surface area contributed by atoms with Crippen LogP contribution in [0, 0.1) is 11.7 Å². The number of thioether (sulfide) groups is 1. The van der Waals surface area contributed by atoms with Crippen molar-refractivity contribution in [3.63, 3.8) is 0 Å². The van der Waals surface area contributed by atoms with E-state index in [0.29, 0.717) is 28.5 Å². The van der Waals surface area contributed by atoms with Gasteiger partial charge >= 0.3 is 0 Å². The number of nitrogens with one attached hydrogen (secondary N) is 1. The molecular formula is C23H26FN3O2S. The van der Waals surface area contributed by atoms with Gasteiger partial charge in [0.2, 0.25) is 5.91 Å². The average molecular weight is 428 g/mol. The number of aromatic nitrogens is 2. The van der Waals surface area contributed by atoms with E-state index in [2.05, 4.69) is 24.1 Å². The van der Waals surface area contributed by atoms with Gasteiger partial charge in [-0.2, -0.15) is 0 Å².